The van der Waals surface area contributed by atoms with Crippen LogP contribution in [-0.4, -0.2) is 64.3 Å². The van der Waals surface area contributed by atoms with Crippen LogP contribution in [0.25, 0.3) is 0 Å². The third-order valence-electron chi connectivity index (χ3n) is 13.2. The van der Waals surface area contributed by atoms with Gasteiger partial charge in [0.05, 0.1) is 30.5 Å². The fraction of sp³-hybridized carbons (Fsp3) is 0.912. The van der Waals surface area contributed by atoms with Crippen molar-refractivity contribution in [2.75, 3.05) is 41.5 Å². The zero-order valence-corrected chi connectivity index (χ0v) is 29.8. The molecule has 0 radical (unpaired) electrons. The predicted molar refractivity (Wildman–Crippen MR) is 165 cm³/mol. The van der Waals surface area contributed by atoms with E-state index in [0.29, 0.717) is 19.6 Å². The predicted octanol–water partition coefficient (Wildman–Crippen LogP) is 7.02. The fourth-order valence-electron chi connectivity index (χ4n) is 8.23. The third-order valence-corrected chi connectivity index (χ3v) is 13.2. The summed E-state index contributed by atoms with van der Waals surface area (Å²) in [6.45, 7) is 29.9. The number of likely N-dealkylation sites (N-methyl/N-ethyl adjacent to an activating group) is 1. The first-order valence-corrected chi connectivity index (χ1v) is 15.2. The molecule has 5 unspecified atom stereocenters. The maximum absolute atomic E-state index is 14.2. The minimum absolute atomic E-state index is 0.216. The van der Waals surface area contributed by atoms with Gasteiger partial charge in [0.15, 0.2) is 0 Å². The third kappa shape index (κ3) is 5.14. The van der Waals surface area contributed by atoms with Crippen molar-refractivity contribution in [1.29, 1.82) is 0 Å². The second-order valence-corrected chi connectivity index (χ2v) is 16.2. The summed E-state index contributed by atoms with van der Waals surface area (Å²) in [5, 5.41) is 0. The van der Waals surface area contributed by atoms with Crippen LogP contribution in [0.3, 0.4) is 0 Å². The van der Waals surface area contributed by atoms with Gasteiger partial charge in [-0.05, 0) is 73.8 Å². The molecule has 0 bridgehead atoms. The van der Waals surface area contributed by atoms with E-state index in [4.69, 9.17) is 14.2 Å². The molecular formula is C34H63NO6. The first kappa shape index (κ1) is 37.4. The summed E-state index contributed by atoms with van der Waals surface area (Å²) in [7, 11) is 6.75. The molecular weight excluding hydrogens is 518 g/mol. The Bertz CT molecular complexity index is 992. The van der Waals surface area contributed by atoms with Gasteiger partial charge < -0.3 is 19.1 Å². The van der Waals surface area contributed by atoms with Crippen molar-refractivity contribution in [3.05, 3.63) is 0 Å². The monoisotopic (exact) mass is 581 g/mol. The van der Waals surface area contributed by atoms with Gasteiger partial charge in [0.1, 0.15) is 6.61 Å². The minimum Gasteiger partial charge on any atom is -0.469 e. The van der Waals surface area contributed by atoms with Gasteiger partial charge in [-0.2, -0.15) is 0 Å². The highest BCUT2D eigenvalue weighted by Crippen LogP contribution is 2.82. The second kappa shape index (κ2) is 11.5. The van der Waals surface area contributed by atoms with Gasteiger partial charge >= 0.3 is 17.9 Å². The van der Waals surface area contributed by atoms with Gasteiger partial charge in [-0.1, -0.05) is 83.1 Å². The van der Waals surface area contributed by atoms with Gasteiger partial charge in [0.25, 0.3) is 0 Å². The van der Waals surface area contributed by atoms with Gasteiger partial charge in [0.2, 0.25) is 0 Å². The van der Waals surface area contributed by atoms with Crippen molar-refractivity contribution < 1.29 is 28.6 Å². The molecule has 41 heavy (non-hydrogen) atoms. The van der Waals surface area contributed by atoms with Crippen molar-refractivity contribution in [2.24, 2.45) is 49.2 Å². The molecule has 7 heteroatoms. The molecule has 0 aromatic carbocycles. The molecule has 1 aliphatic rings. The number of methoxy groups -OCH3 is 2. The van der Waals surface area contributed by atoms with Crippen LogP contribution < -0.4 is 0 Å². The van der Waals surface area contributed by atoms with Gasteiger partial charge in [0, 0.05) is 6.54 Å². The molecule has 0 spiro atoms. The molecule has 0 aromatic heterocycles. The van der Waals surface area contributed by atoms with Crippen LogP contribution in [0.4, 0.5) is 0 Å². The number of ether oxygens (including phenoxy) is 3. The smallest absolute Gasteiger partial charge is 0.313 e. The van der Waals surface area contributed by atoms with Crippen LogP contribution in [0.1, 0.15) is 110 Å². The van der Waals surface area contributed by atoms with E-state index in [0.717, 1.165) is 6.42 Å². The van der Waals surface area contributed by atoms with Crippen molar-refractivity contribution in [1.82, 2.24) is 4.90 Å². The first-order valence-electron chi connectivity index (χ1n) is 15.2. The van der Waals surface area contributed by atoms with E-state index in [1.54, 1.807) is 0 Å². The zero-order valence-electron chi connectivity index (χ0n) is 29.8. The minimum atomic E-state index is -1.11. The zero-order chi connectivity index (χ0) is 32.8. The maximum atomic E-state index is 14.2. The maximum Gasteiger partial charge on any atom is 0.313 e. The topological polar surface area (TPSA) is 82.1 Å². The molecule has 7 nitrogen and oxygen atoms in total. The van der Waals surface area contributed by atoms with Gasteiger partial charge in [-0.25, -0.2) is 0 Å². The highest BCUT2D eigenvalue weighted by atomic mass is 16.5. The molecule has 5 atom stereocenters. The number of esters is 3. The number of carbonyl (C=O) groups is 3. The van der Waals surface area contributed by atoms with Crippen molar-refractivity contribution in [3.8, 4) is 0 Å². The number of nitrogens with zero attached hydrogens (tertiary/aromatic N) is 1. The largest absolute Gasteiger partial charge is 0.469 e. The summed E-state index contributed by atoms with van der Waals surface area (Å²) in [4.78, 5) is 43.8. The number of carbonyl (C=O) groups excluding carboxylic acids is 3. The van der Waals surface area contributed by atoms with Crippen LogP contribution in [0.2, 0.25) is 0 Å². The van der Waals surface area contributed by atoms with Crippen LogP contribution >= 0.6 is 0 Å². The quantitative estimate of drug-likeness (QED) is 0.171. The molecule has 0 saturated heterocycles. The van der Waals surface area contributed by atoms with Gasteiger partial charge in [-0.3, -0.25) is 14.4 Å². The van der Waals surface area contributed by atoms with Crippen LogP contribution in [0.5, 0.6) is 0 Å². The lowest BCUT2D eigenvalue weighted by molar-refractivity contribution is -0.206. The molecule has 0 amide bonds. The van der Waals surface area contributed by atoms with E-state index in [9.17, 15) is 14.4 Å². The van der Waals surface area contributed by atoms with Crippen LogP contribution in [0.15, 0.2) is 0 Å². The van der Waals surface area contributed by atoms with Crippen molar-refractivity contribution >= 4 is 17.9 Å². The van der Waals surface area contributed by atoms with Gasteiger partial charge in [-0.15, -0.1) is 0 Å². The fourth-order valence-corrected chi connectivity index (χ4v) is 8.23. The highest BCUT2D eigenvalue weighted by molar-refractivity contribution is 5.85. The summed E-state index contributed by atoms with van der Waals surface area (Å²) < 4.78 is 17.0. The summed E-state index contributed by atoms with van der Waals surface area (Å²) in [6, 6.07) is 0. The number of rotatable bonds is 13. The summed E-state index contributed by atoms with van der Waals surface area (Å²) >= 11 is 0. The van der Waals surface area contributed by atoms with Crippen LogP contribution in [-0.2, 0) is 28.6 Å². The Balaban J connectivity index is 3.95. The molecule has 1 rings (SSSR count). The van der Waals surface area contributed by atoms with Crippen molar-refractivity contribution in [3.63, 3.8) is 0 Å². The van der Waals surface area contributed by atoms with E-state index < -0.39 is 43.3 Å². The summed E-state index contributed by atoms with van der Waals surface area (Å²) in [5.74, 6) is -1.16. The molecule has 0 aliphatic heterocycles. The highest BCUT2D eigenvalue weighted by Gasteiger charge is 2.83. The number of hydrogen-bond donors (Lipinski definition) is 0. The Kier molecular flexibility index (Phi) is 10.5. The first-order chi connectivity index (χ1) is 18.2. The Morgan fingerprint density at radius 3 is 1.68 bits per heavy atom. The Morgan fingerprint density at radius 2 is 1.32 bits per heavy atom. The van der Waals surface area contributed by atoms with E-state index in [1.807, 2.05) is 32.8 Å². The van der Waals surface area contributed by atoms with E-state index in [1.165, 1.54) is 14.2 Å². The van der Waals surface area contributed by atoms with E-state index in [-0.39, 0.29) is 23.8 Å². The lowest BCUT2D eigenvalue weighted by Gasteiger charge is -2.61. The normalized spacial score (nSPS) is 25.5. The van der Waals surface area contributed by atoms with Crippen LogP contribution in [0, 0.1) is 49.2 Å². The Morgan fingerprint density at radius 1 is 0.854 bits per heavy atom. The molecule has 0 heterocycles. The Hall–Kier alpha value is -1.63. The van der Waals surface area contributed by atoms with E-state index >= 15 is 0 Å². The molecule has 1 fully saturated rings. The van der Waals surface area contributed by atoms with Crippen molar-refractivity contribution in [2.45, 2.75) is 110 Å². The molecule has 1 saturated carbocycles. The molecule has 0 N–H and O–H groups in total. The average Bonchev–Trinajstić information content (AvgIpc) is 3.55. The number of hydrogen-bond acceptors (Lipinski definition) is 7. The SMILES string of the molecule is CCC(C)(C)C(C)(C(=O)OC)C(C)C(C)(C)C(C)(C(=O)OC)C(C)(C)C1(C)CC1(C(=O)OCCN(C)C)C(C)(C)C. The standard InChI is InChI=1S/C34H63NO6/c1-19-28(6,7)32(13,24(36)39-17)23(2)29(8,9)33(14,25(37)40-18)30(10,11)31(12)22-34(31,27(3,4)5)26(38)41-21-20-35(15)16/h23H,19-22H2,1-18H3. The molecule has 0 aromatic rings. The van der Waals surface area contributed by atoms with E-state index in [2.05, 4.69) is 83.1 Å². The summed E-state index contributed by atoms with van der Waals surface area (Å²) in [6.07, 6.45) is 1.34. The Labute approximate surface area is 251 Å². The molecule has 240 valence electrons. The lowest BCUT2D eigenvalue weighted by Crippen LogP contribution is -2.63. The summed E-state index contributed by atoms with van der Waals surface area (Å²) in [5.41, 5.74) is -5.82. The average molecular weight is 582 g/mol. The molecule has 1 aliphatic carbocycles. The lowest BCUT2D eigenvalue weighted by atomic mass is 9.41. The second-order valence-electron chi connectivity index (χ2n) is 16.2.